The van der Waals surface area contributed by atoms with Crippen molar-refractivity contribution in [3.8, 4) is 11.4 Å². The lowest BCUT2D eigenvalue weighted by atomic mass is 10.1. The van der Waals surface area contributed by atoms with Crippen molar-refractivity contribution in [1.29, 1.82) is 0 Å². The molecule has 0 saturated carbocycles. The summed E-state index contributed by atoms with van der Waals surface area (Å²) in [7, 11) is 1.26. The predicted molar refractivity (Wildman–Crippen MR) is 78.0 cm³/mol. The second-order valence-corrected chi connectivity index (χ2v) is 4.88. The highest BCUT2D eigenvalue weighted by molar-refractivity contribution is 5.96. The van der Waals surface area contributed by atoms with E-state index in [9.17, 15) is 9.59 Å². The van der Waals surface area contributed by atoms with Gasteiger partial charge < -0.3 is 10.1 Å². The fraction of sp³-hybridized carbons (Fsp3) is 0.357. The van der Waals surface area contributed by atoms with E-state index in [1.807, 2.05) is 19.9 Å². The van der Waals surface area contributed by atoms with E-state index in [1.54, 1.807) is 22.9 Å². The fourth-order valence-electron chi connectivity index (χ4n) is 1.86. The standard InChI is InChI=1S/C14H17N5O3/c1-9(2)19-13(16-17-18-19)10-5-4-6-11(7-10)14(21)15-8-12(20)22-3/h4-7,9H,8H2,1-3H3,(H,15,21). The third kappa shape index (κ3) is 3.46. The van der Waals surface area contributed by atoms with Crippen LogP contribution < -0.4 is 5.32 Å². The number of rotatable bonds is 5. The van der Waals surface area contributed by atoms with Gasteiger partial charge in [-0.1, -0.05) is 12.1 Å². The van der Waals surface area contributed by atoms with Gasteiger partial charge in [-0.2, -0.15) is 0 Å². The Morgan fingerprint density at radius 1 is 1.36 bits per heavy atom. The van der Waals surface area contributed by atoms with Crippen LogP contribution in [0, 0.1) is 0 Å². The van der Waals surface area contributed by atoms with Crippen molar-refractivity contribution in [1.82, 2.24) is 25.5 Å². The lowest BCUT2D eigenvalue weighted by Gasteiger charge is -2.09. The summed E-state index contributed by atoms with van der Waals surface area (Å²) in [5, 5.41) is 14.1. The fourth-order valence-corrected chi connectivity index (χ4v) is 1.86. The van der Waals surface area contributed by atoms with E-state index in [0.717, 1.165) is 5.56 Å². The first-order chi connectivity index (χ1) is 10.5. The lowest BCUT2D eigenvalue weighted by Crippen LogP contribution is -2.30. The molecule has 116 valence electrons. The molecule has 8 nitrogen and oxygen atoms in total. The Bertz CT molecular complexity index is 681. The molecule has 0 spiro atoms. The number of ether oxygens (including phenoxy) is 1. The molecule has 0 fully saturated rings. The Kier molecular flexibility index (Phi) is 4.82. The molecule has 2 aromatic rings. The molecule has 1 amide bonds. The molecule has 0 atom stereocenters. The number of methoxy groups -OCH3 is 1. The third-order valence-electron chi connectivity index (χ3n) is 2.99. The maximum atomic E-state index is 12.0. The molecule has 0 radical (unpaired) electrons. The van der Waals surface area contributed by atoms with Crippen molar-refractivity contribution in [2.45, 2.75) is 19.9 Å². The van der Waals surface area contributed by atoms with Crippen LogP contribution in [0.1, 0.15) is 30.2 Å². The van der Waals surface area contributed by atoms with Crippen LogP contribution in [0.15, 0.2) is 24.3 Å². The number of aromatic nitrogens is 4. The van der Waals surface area contributed by atoms with Gasteiger partial charge in [-0.3, -0.25) is 9.59 Å². The first-order valence-corrected chi connectivity index (χ1v) is 6.76. The third-order valence-corrected chi connectivity index (χ3v) is 2.99. The number of esters is 1. The molecule has 22 heavy (non-hydrogen) atoms. The smallest absolute Gasteiger partial charge is 0.325 e. The zero-order valence-corrected chi connectivity index (χ0v) is 12.6. The highest BCUT2D eigenvalue weighted by atomic mass is 16.5. The molecule has 8 heteroatoms. The summed E-state index contributed by atoms with van der Waals surface area (Å²) < 4.78 is 6.15. The summed E-state index contributed by atoms with van der Waals surface area (Å²) in [4.78, 5) is 23.1. The van der Waals surface area contributed by atoms with Crippen molar-refractivity contribution in [3.63, 3.8) is 0 Å². The SMILES string of the molecule is COC(=O)CNC(=O)c1cccc(-c2nnnn2C(C)C)c1. The molecule has 0 aliphatic heterocycles. The van der Waals surface area contributed by atoms with Gasteiger partial charge >= 0.3 is 5.97 Å². The average molecular weight is 303 g/mol. The van der Waals surface area contributed by atoms with Gasteiger partial charge in [-0.05, 0) is 36.4 Å². The number of tetrazole rings is 1. The van der Waals surface area contributed by atoms with Crippen LogP contribution in [-0.4, -0.2) is 45.7 Å². The number of nitrogens with zero attached hydrogens (tertiary/aromatic N) is 4. The Morgan fingerprint density at radius 2 is 2.14 bits per heavy atom. The summed E-state index contributed by atoms with van der Waals surface area (Å²) in [6.07, 6.45) is 0. The van der Waals surface area contributed by atoms with Gasteiger partial charge in [-0.15, -0.1) is 5.10 Å². The van der Waals surface area contributed by atoms with Crippen molar-refractivity contribution in [3.05, 3.63) is 29.8 Å². The van der Waals surface area contributed by atoms with E-state index in [1.165, 1.54) is 7.11 Å². The number of benzene rings is 1. The minimum absolute atomic E-state index is 0.0989. The molecule has 0 bridgehead atoms. The van der Waals surface area contributed by atoms with Crippen LogP contribution in [0.3, 0.4) is 0 Å². The normalized spacial score (nSPS) is 10.5. The first kappa shape index (κ1) is 15.6. The maximum Gasteiger partial charge on any atom is 0.325 e. The van der Waals surface area contributed by atoms with Gasteiger partial charge in [-0.25, -0.2) is 4.68 Å². The Labute approximate surface area is 127 Å². The number of hydrogen-bond acceptors (Lipinski definition) is 6. The van der Waals surface area contributed by atoms with E-state index in [-0.39, 0.29) is 18.5 Å². The summed E-state index contributed by atoms with van der Waals surface area (Å²) >= 11 is 0. The average Bonchev–Trinajstić information content (AvgIpc) is 3.02. The minimum atomic E-state index is -0.506. The highest BCUT2D eigenvalue weighted by Crippen LogP contribution is 2.19. The summed E-state index contributed by atoms with van der Waals surface area (Å²) in [5.41, 5.74) is 1.14. The molecule has 2 rings (SSSR count). The molecule has 1 aromatic carbocycles. The molecular weight excluding hydrogens is 286 g/mol. The topological polar surface area (TPSA) is 99.0 Å². The van der Waals surface area contributed by atoms with E-state index in [0.29, 0.717) is 11.4 Å². The Morgan fingerprint density at radius 3 is 2.82 bits per heavy atom. The molecular formula is C14H17N5O3. The molecule has 1 N–H and O–H groups in total. The van der Waals surface area contributed by atoms with Crippen LogP contribution in [0.2, 0.25) is 0 Å². The molecule has 0 aliphatic rings. The predicted octanol–water partition coefficient (Wildman–Crippen LogP) is 0.824. The van der Waals surface area contributed by atoms with Crippen molar-refractivity contribution < 1.29 is 14.3 Å². The Hall–Kier alpha value is -2.77. The monoisotopic (exact) mass is 303 g/mol. The lowest BCUT2D eigenvalue weighted by molar-refractivity contribution is -0.139. The quantitative estimate of drug-likeness (QED) is 0.821. The van der Waals surface area contributed by atoms with E-state index < -0.39 is 5.97 Å². The highest BCUT2D eigenvalue weighted by Gasteiger charge is 2.14. The molecule has 1 aromatic heterocycles. The Balaban J connectivity index is 2.21. The van der Waals surface area contributed by atoms with Gasteiger partial charge in [0.2, 0.25) is 0 Å². The summed E-state index contributed by atoms with van der Waals surface area (Å²) in [6.45, 7) is 3.75. The molecule has 0 unspecified atom stereocenters. The van der Waals surface area contributed by atoms with Crippen LogP contribution in [-0.2, 0) is 9.53 Å². The summed E-state index contributed by atoms with van der Waals surface area (Å²) in [6, 6.07) is 6.99. The maximum absolute atomic E-state index is 12.0. The van der Waals surface area contributed by atoms with Gasteiger partial charge in [0, 0.05) is 11.1 Å². The molecule has 1 heterocycles. The zero-order chi connectivity index (χ0) is 16.1. The van der Waals surface area contributed by atoms with Crippen LogP contribution in [0.25, 0.3) is 11.4 Å². The number of carbonyl (C=O) groups is 2. The van der Waals surface area contributed by atoms with Crippen LogP contribution in [0.5, 0.6) is 0 Å². The second-order valence-electron chi connectivity index (χ2n) is 4.88. The van der Waals surface area contributed by atoms with Crippen molar-refractivity contribution >= 4 is 11.9 Å². The van der Waals surface area contributed by atoms with E-state index >= 15 is 0 Å². The largest absolute Gasteiger partial charge is 0.468 e. The van der Waals surface area contributed by atoms with Gasteiger partial charge in [0.15, 0.2) is 5.82 Å². The van der Waals surface area contributed by atoms with Crippen molar-refractivity contribution in [2.24, 2.45) is 0 Å². The summed E-state index contributed by atoms with van der Waals surface area (Å²) in [5.74, 6) is -0.290. The minimum Gasteiger partial charge on any atom is -0.468 e. The number of hydrogen-bond donors (Lipinski definition) is 1. The first-order valence-electron chi connectivity index (χ1n) is 6.76. The molecule has 0 aliphatic carbocycles. The van der Waals surface area contributed by atoms with Crippen molar-refractivity contribution in [2.75, 3.05) is 13.7 Å². The van der Waals surface area contributed by atoms with Gasteiger partial charge in [0.25, 0.3) is 5.91 Å². The van der Waals surface area contributed by atoms with E-state index in [2.05, 4.69) is 25.6 Å². The van der Waals surface area contributed by atoms with Crippen LogP contribution >= 0.6 is 0 Å². The van der Waals surface area contributed by atoms with Gasteiger partial charge in [0.1, 0.15) is 6.54 Å². The van der Waals surface area contributed by atoms with E-state index in [4.69, 9.17) is 0 Å². The second kappa shape index (κ2) is 6.79. The molecule has 0 saturated heterocycles. The number of carbonyl (C=O) groups excluding carboxylic acids is 2. The van der Waals surface area contributed by atoms with Crippen LogP contribution in [0.4, 0.5) is 0 Å². The number of amides is 1. The van der Waals surface area contributed by atoms with Gasteiger partial charge in [0.05, 0.1) is 13.2 Å². The number of nitrogens with one attached hydrogen (secondary N) is 1. The zero-order valence-electron chi connectivity index (χ0n) is 12.6.